The highest BCUT2D eigenvalue weighted by Gasteiger charge is 2.09. The van der Waals surface area contributed by atoms with Crippen molar-refractivity contribution in [2.24, 2.45) is 0 Å². The fourth-order valence-corrected chi connectivity index (χ4v) is 3.60. The molecule has 0 aromatic rings. The highest BCUT2D eigenvalue weighted by atomic mass is 16.3. The molecule has 0 aliphatic rings. The van der Waals surface area contributed by atoms with Gasteiger partial charge in [-0.2, -0.15) is 0 Å². The van der Waals surface area contributed by atoms with Crippen LogP contribution in [0.4, 0.5) is 0 Å². The van der Waals surface area contributed by atoms with Crippen LogP contribution in [0.15, 0.2) is 0 Å². The molecule has 0 aliphatic heterocycles. The normalized spacial score (nSPS) is 12.4. The van der Waals surface area contributed by atoms with Gasteiger partial charge >= 0.3 is 0 Å². The van der Waals surface area contributed by atoms with Crippen LogP contribution in [0.1, 0.15) is 142 Å². The molecule has 0 bridgehead atoms. The van der Waals surface area contributed by atoms with Gasteiger partial charge in [0.15, 0.2) is 0 Å². The zero-order chi connectivity index (χ0) is 19.3. The Morgan fingerprint density at radius 1 is 0.615 bits per heavy atom. The predicted octanol–water partition coefficient (Wildman–Crippen LogP) is 7.76. The van der Waals surface area contributed by atoms with Gasteiger partial charge < -0.3 is 5.11 Å². The maximum atomic E-state index is 11.8. The monoisotopic (exact) mass is 368 g/mol. The number of unbranched alkanes of at least 4 members (excludes halogenated alkanes) is 15. The summed E-state index contributed by atoms with van der Waals surface area (Å²) < 4.78 is 0. The first-order valence-corrected chi connectivity index (χ1v) is 11.9. The van der Waals surface area contributed by atoms with Gasteiger partial charge in [0.2, 0.25) is 0 Å². The summed E-state index contributed by atoms with van der Waals surface area (Å²) in [5, 5.41) is 9.76. The molecule has 2 heteroatoms. The number of rotatable bonds is 21. The summed E-state index contributed by atoms with van der Waals surface area (Å²) in [6.45, 7) is 4.39. The van der Waals surface area contributed by atoms with Gasteiger partial charge in [-0.1, -0.05) is 117 Å². The van der Waals surface area contributed by atoms with E-state index in [4.69, 9.17) is 0 Å². The quantitative estimate of drug-likeness (QED) is 0.210. The van der Waals surface area contributed by atoms with E-state index in [1.54, 1.807) is 0 Å². The molecule has 0 amide bonds. The van der Waals surface area contributed by atoms with Gasteiger partial charge in [-0.25, -0.2) is 0 Å². The van der Waals surface area contributed by atoms with Gasteiger partial charge in [0, 0.05) is 12.8 Å². The van der Waals surface area contributed by atoms with Crippen LogP contribution in [-0.4, -0.2) is 17.0 Å². The molecule has 0 radical (unpaired) electrons. The minimum Gasteiger partial charge on any atom is -0.393 e. The SMILES string of the molecule is CCCCCCCCCCCCCCCCCC(=O)CC(O)CCCC. The van der Waals surface area contributed by atoms with Crippen molar-refractivity contribution in [3.8, 4) is 0 Å². The van der Waals surface area contributed by atoms with E-state index in [9.17, 15) is 9.90 Å². The third-order valence-corrected chi connectivity index (χ3v) is 5.41. The predicted molar refractivity (Wildman–Crippen MR) is 115 cm³/mol. The van der Waals surface area contributed by atoms with Crippen LogP contribution in [0.25, 0.3) is 0 Å². The average Bonchev–Trinajstić information content (AvgIpc) is 2.63. The Hall–Kier alpha value is -0.370. The Morgan fingerprint density at radius 2 is 1.00 bits per heavy atom. The smallest absolute Gasteiger partial charge is 0.135 e. The summed E-state index contributed by atoms with van der Waals surface area (Å²) in [6, 6.07) is 0. The van der Waals surface area contributed by atoms with Crippen LogP contribution in [0, 0.1) is 0 Å². The van der Waals surface area contributed by atoms with Crippen molar-refractivity contribution < 1.29 is 9.90 Å². The van der Waals surface area contributed by atoms with Crippen molar-refractivity contribution in [2.75, 3.05) is 0 Å². The maximum absolute atomic E-state index is 11.8. The molecule has 1 atom stereocenters. The van der Waals surface area contributed by atoms with E-state index in [1.807, 2.05) is 0 Å². The Bertz CT molecular complexity index is 288. The lowest BCUT2D eigenvalue weighted by Gasteiger charge is -2.08. The number of aliphatic hydroxyl groups excluding tert-OH is 1. The molecule has 0 saturated heterocycles. The summed E-state index contributed by atoms with van der Waals surface area (Å²) in [5.74, 6) is 0.253. The summed E-state index contributed by atoms with van der Waals surface area (Å²) in [6.07, 6.45) is 23.8. The van der Waals surface area contributed by atoms with E-state index >= 15 is 0 Å². The molecule has 0 fully saturated rings. The highest BCUT2D eigenvalue weighted by Crippen LogP contribution is 2.14. The molecule has 2 nitrogen and oxygen atoms in total. The lowest BCUT2D eigenvalue weighted by atomic mass is 10.0. The fraction of sp³-hybridized carbons (Fsp3) is 0.958. The van der Waals surface area contributed by atoms with E-state index in [0.717, 1.165) is 25.7 Å². The Morgan fingerprint density at radius 3 is 1.42 bits per heavy atom. The highest BCUT2D eigenvalue weighted by molar-refractivity contribution is 5.78. The molecular weight excluding hydrogens is 320 g/mol. The van der Waals surface area contributed by atoms with E-state index in [1.165, 1.54) is 89.9 Å². The largest absolute Gasteiger partial charge is 0.393 e. The molecule has 0 aromatic carbocycles. The molecule has 0 rings (SSSR count). The number of ketones is 1. The van der Waals surface area contributed by atoms with E-state index in [-0.39, 0.29) is 5.78 Å². The van der Waals surface area contributed by atoms with Gasteiger partial charge in [0.1, 0.15) is 5.78 Å². The van der Waals surface area contributed by atoms with Crippen molar-refractivity contribution in [1.29, 1.82) is 0 Å². The lowest BCUT2D eigenvalue weighted by molar-refractivity contribution is -0.121. The number of aliphatic hydroxyl groups is 1. The van der Waals surface area contributed by atoms with Crippen molar-refractivity contribution in [1.82, 2.24) is 0 Å². The Balaban J connectivity index is 3.18. The molecule has 0 heterocycles. The molecule has 0 aliphatic carbocycles. The third kappa shape index (κ3) is 19.9. The second-order valence-electron chi connectivity index (χ2n) is 8.24. The summed E-state index contributed by atoms with van der Waals surface area (Å²) in [4.78, 5) is 11.8. The van der Waals surface area contributed by atoms with Gasteiger partial charge in [-0.15, -0.1) is 0 Å². The van der Waals surface area contributed by atoms with Crippen LogP contribution >= 0.6 is 0 Å². The first-order chi connectivity index (χ1) is 12.7. The van der Waals surface area contributed by atoms with Crippen molar-refractivity contribution in [3.63, 3.8) is 0 Å². The van der Waals surface area contributed by atoms with Crippen molar-refractivity contribution in [3.05, 3.63) is 0 Å². The first-order valence-electron chi connectivity index (χ1n) is 11.9. The van der Waals surface area contributed by atoms with Crippen molar-refractivity contribution in [2.45, 2.75) is 148 Å². The fourth-order valence-electron chi connectivity index (χ4n) is 3.60. The van der Waals surface area contributed by atoms with E-state index in [0.29, 0.717) is 12.8 Å². The van der Waals surface area contributed by atoms with Crippen LogP contribution in [0.2, 0.25) is 0 Å². The Kier molecular flexibility index (Phi) is 20.6. The first kappa shape index (κ1) is 25.6. The van der Waals surface area contributed by atoms with Crippen LogP contribution < -0.4 is 0 Å². The second kappa shape index (κ2) is 20.9. The van der Waals surface area contributed by atoms with Gasteiger partial charge in [0.05, 0.1) is 6.10 Å². The molecule has 156 valence electrons. The molecule has 1 unspecified atom stereocenters. The standard InChI is InChI=1S/C24H48O2/c1-3-5-7-8-9-10-11-12-13-14-15-16-17-18-19-21-24(26)22-23(25)20-6-4-2/h23,25H,3-22H2,1-2H3. The summed E-state index contributed by atoms with van der Waals surface area (Å²) in [7, 11) is 0. The molecule has 0 spiro atoms. The van der Waals surface area contributed by atoms with Gasteiger partial charge in [0.25, 0.3) is 0 Å². The maximum Gasteiger partial charge on any atom is 0.135 e. The topological polar surface area (TPSA) is 37.3 Å². The van der Waals surface area contributed by atoms with Crippen molar-refractivity contribution >= 4 is 5.78 Å². The van der Waals surface area contributed by atoms with Crippen LogP contribution in [-0.2, 0) is 4.79 Å². The second-order valence-corrected chi connectivity index (χ2v) is 8.24. The zero-order valence-electron chi connectivity index (χ0n) is 18.1. The van der Waals surface area contributed by atoms with Crippen LogP contribution in [0.5, 0.6) is 0 Å². The Labute approximate surface area is 164 Å². The third-order valence-electron chi connectivity index (χ3n) is 5.41. The minimum absolute atomic E-state index is 0.253. The summed E-state index contributed by atoms with van der Waals surface area (Å²) >= 11 is 0. The minimum atomic E-state index is -0.404. The number of hydrogen-bond acceptors (Lipinski definition) is 2. The molecule has 0 aromatic heterocycles. The van der Waals surface area contributed by atoms with Gasteiger partial charge in [-0.3, -0.25) is 4.79 Å². The number of Topliss-reactive ketones (excluding diaryl/α,β-unsaturated/α-hetero) is 1. The average molecular weight is 369 g/mol. The summed E-state index contributed by atoms with van der Waals surface area (Å²) in [5.41, 5.74) is 0. The number of hydrogen-bond donors (Lipinski definition) is 1. The lowest BCUT2D eigenvalue weighted by Crippen LogP contribution is -2.13. The van der Waals surface area contributed by atoms with E-state index < -0.39 is 6.10 Å². The van der Waals surface area contributed by atoms with E-state index in [2.05, 4.69) is 13.8 Å². The number of carbonyl (C=O) groups excluding carboxylic acids is 1. The molecular formula is C24H48O2. The molecule has 0 saturated carbocycles. The zero-order valence-corrected chi connectivity index (χ0v) is 18.1. The molecule has 1 N–H and O–H groups in total. The molecule has 26 heavy (non-hydrogen) atoms. The van der Waals surface area contributed by atoms with Gasteiger partial charge in [-0.05, 0) is 12.8 Å². The number of carbonyl (C=O) groups is 1. The van der Waals surface area contributed by atoms with Crippen LogP contribution in [0.3, 0.4) is 0 Å².